The summed E-state index contributed by atoms with van der Waals surface area (Å²) in [6.45, 7) is 11.8. The van der Waals surface area contributed by atoms with E-state index in [0.29, 0.717) is 0 Å². The van der Waals surface area contributed by atoms with Crippen LogP contribution in [0.15, 0.2) is 0 Å². The van der Waals surface area contributed by atoms with Crippen molar-refractivity contribution in [2.24, 2.45) is 23.7 Å². The fraction of sp³-hybridized carbons (Fsp3) is 1.00. The van der Waals surface area contributed by atoms with E-state index in [0.717, 1.165) is 23.7 Å². The minimum atomic E-state index is 0.812. The summed E-state index contributed by atoms with van der Waals surface area (Å²) in [7, 11) is 0. The van der Waals surface area contributed by atoms with Gasteiger partial charge in [-0.15, -0.1) is 0 Å². The molecule has 1 aliphatic carbocycles. The highest BCUT2D eigenvalue weighted by Crippen LogP contribution is 2.28. The fourth-order valence-corrected chi connectivity index (χ4v) is 2.02. The second-order valence-electron chi connectivity index (χ2n) is 5.25. The molecule has 78 valence electrons. The molecule has 1 heteroatoms. The lowest BCUT2D eigenvalue weighted by molar-refractivity contribution is 0.275. The Morgan fingerprint density at radius 2 is 1.62 bits per heavy atom. The van der Waals surface area contributed by atoms with Crippen molar-refractivity contribution in [2.75, 3.05) is 13.1 Å². The Bertz CT molecular complexity index is 128. The Balaban J connectivity index is 2.12. The summed E-state index contributed by atoms with van der Waals surface area (Å²) in [4.78, 5) is 0. The molecule has 1 N–H and O–H groups in total. The molecule has 0 radical (unpaired) electrons. The van der Waals surface area contributed by atoms with E-state index in [1.165, 1.54) is 25.9 Å². The predicted octanol–water partition coefficient (Wildman–Crippen LogP) is 2.91. The third kappa shape index (κ3) is 4.12. The first kappa shape index (κ1) is 11.0. The molecule has 1 rings (SSSR count). The average molecular weight is 183 g/mol. The maximum atomic E-state index is 3.61. The number of rotatable bonds is 6. The normalized spacial score (nSPS) is 17.8. The predicted molar refractivity (Wildman–Crippen MR) is 58.8 cm³/mol. The number of nitrogens with one attached hydrogen (secondary N) is 1. The van der Waals surface area contributed by atoms with Gasteiger partial charge in [0.1, 0.15) is 0 Å². The van der Waals surface area contributed by atoms with Crippen LogP contribution in [0, 0.1) is 23.7 Å². The quantitative estimate of drug-likeness (QED) is 0.667. The minimum absolute atomic E-state index is 0.812. The lowest BCUT2D eigenvalue weighted by atomic mass is 9.85. The highest BCUT2D eigenvalue weighted by atomic mass is 14.9. The van der Waals surface area contributed by atoms with E-state index in [1.807, 2.05) is 0 Å². The summed E-state index contributed by atoms with van der Waals surface area (Å²) in [5, 5.41) is 3.61. The summed E-state index contributed by atoms with van der Waals surface area (Å²) >= 11 is 0. The van der Waals surface area contributed by atoms with Crippen molar-refractivity contribution in [1.82, 2.24) is 5.32 Å². The summed E-state index contributed by atoms with van der Waals surface area (Å²) in [5.74, 6) is 3.48. The zero-order valence-corrected chi connectivity index (χ0v) is 9.64. The molecule has 0 spiro atoms. The van der Waals surface area contributed by atoms with Crippen LogP contribution < -0.4 is 5.32 Å². The second-order valence-corrected chi connectivity index (χ2v) is 5.25. The van der Waals surface area contributed by atoms with Crippen molar-refractivity contribution in [3.63, 3.8) is 0 Å². The highest BCUT2D eigenvalue weighted by molar-refractivity contribution is 4.77. The van der Waals surface area contributed by atoms with E-state index in [-0.39, 0.29) is 0 Å². The van der Waals surface area contributed by atoms with Gasteiger partial charge < -0.3 is 5.32 Å². The van der Waals surface area contributed by atoms with Gasteiger partial charge >= 0.3 is 0 Å². The molecule has 1 aliphatic rings. The molecule has 0 aromatic heterocycles. The van der Waals surface area contributed by atoms with Gasteiger partial charge in [-0.3, -0.25) is 0 Å². The molecule has 0 aromatic rings. The first-order valence-electron chi connectivity index (χ1n) is 5.82. The molecule has 0 aromatic carbocycles. The first-order valence-corrected chi connectivity index (χ1v) is 5.82. The summed E-state index contributed by atoms with van der Waals surface area (Å²) in [5.41, 5.74) is 0. The smallest absolute Gasteiger partial charge is 0.00155 e. The van der Waals surface area contributed by atoms with Crippen molar-refractivity contribution in [3.8, 4) is 0 Å². The van der Waals surface area contributed by atoms with Crippen LogP contribution in [0.2, 0.25) is 0 Å². The fourth-order valence-electron chi connectivity index (χ4n) is 2.02. The van der Waals surface area contributed by atoms with Crippen molar-refractivity contribution < 1.29 is 0 Å². The van der Waals surface area contributed by atoms with Crippen LogP contribution in [-0.2, 0) is 0 Å². The SMILES string of the molecule is CC(C)C(CNCC1CC1)C(C)C. The van der Waals surface area contributed by atoms with Crippen LogP contribution in [-0.4, -0.2) is 13.1 Å². The summed E-state index contributed by atoms with van der Waals surface area (Å²) < 4.78 is 0. The Hall–Kier alpha value is -0.0400. The zero-order chi connectivity index (χ0) is 9.84. The van der Waals surface area contributed by atoms with E-state index < -0.39 is 0 Å². The van der Waals surface area contributed by atoms with Gasteiger partial charge in [0.15, 0.2) is 0 Å². The van der Waals surface area contributed by atoms with E-state index in [2.05, 4.69) is 33.0 Å². The zero-order valence-electron chi connectivity index (χ0n) is 9.64. The molecule has 0 bridgehead atoms. The Morgan fingerprint density at radius 3 is 2.00 bits per heavy atom. The van der Waals surface area contributed by atoms with Gasteiger partial charge in [0, 0.05) is 0 Å². The standard InChI is InChI=1S/C12H25N/c1-9(2)12(10(3)4)8-13-7-11-5-6-11/h9-13H,5-8H2,1-4H3. The maximum absolute atomic E-state index is 3.61. The topological polar surface area (TPSA) is 12.0 Å². The molecule has 1 fully saturated rings. The third-order valence-corrected chi connectivity index (χ3v) is 3.22. The lowest BCUT2D eigenvalue weighted by Crippen LogP contribution is -2.30. The molecule has 0 amide bonds. The van der Waals surface area contributed by atoms with E-state index in [4.69, 9.17) is 0 Å². The van der Waals surface area contributed by atoms with Gasteiger partial charge in [-0.2, -0.15) is 0 Å². The van der Waals surface area contributed by atoms with Gasteiger partial charge in [0.2, 0.25) is 0 Å². The first-order chi connectivity index (χ1) is 6.11. The van der Waals surface area contributed by atoms with Crippen LogP contribution in [0.25, 0.3) is 0 Å². The van der Waals surface area contributed by atoms with E-state index >= 15 is 0 Å². The Morgan fingerprint density at radius 1 is 1.08 bits per heavy atom. The molecule has 0 atom stereocenters. The molecular weight excluding hydrogens is 158 g/mol. The molecule has 0 saturated heterocycles. The maximum Gasteiger partial charge on any atom is -0.00155 e. The molecule has 0 aliphatic heterocycles. The van der Waals surface area contributed by atoms with Gasteiger partial charge in [-0.05, 0) is 49.6 Å². The van der Waals surface area contributed by atoms with Gasteiger partial charge in [0.05, 0.1) is 0 Å². The minimum Gasteiger partial charge on any atom is -0.316 e. The molecule has 1 saturated carbocycles. The molecule has 1 nitrogen and oxygen atoms in total. The van der Waals surface area contributed by atoms with Crippen molar-refractivity contribution in [3.05, 3.63) is 0 Å². The van der Waals surface area contributed by atoms with Crippen LogP contribution >= 0.6 is 0 Å². The van der Waals surface area contributed by atoms with Crippen LogP contribution in [0.1, 0.15) is 40.5 Å². The average Bonchev–Trinajstić information content (AvgIpc) is 2.79. The van der Waals surface area contributed by atoms with Crippen molar-refractivity contribution >= 4 is 0 Å². The molecular formula is C12H25N. The van der Waals surface area contributed by atoms with Crippen LogP contribution in [0.3, 0.4) is 0 Å². The van der Waals surface area contributed by atoms with Crippen LogP contribution in [0.5, 0.6) is 0 Å². The molecule has 0 heterocycles. The summed E-state index contributed by atoms with van der Waals surface area (Å²) in [6, 6.07) is 0. The number of hydrogen-bond acceptors (Lipinski definition) is 1. The van der Waals surface area contributed by atoms with Crippen molar-refractivity contribution in [1.29, 1.82) is 0 Å². The molecule has 13 heavy (non-hydrogen) atoms. The van der Waals surface area contributed by atoms with E-state index in [9.17, 15) is 0 Å². The third-order valence-electron chi connectivity index (χ3n) is 3.22. The largest absolute Gasteiger partial charge is 0.316 e. The number of hydrogen-bond donors (Lipinski definition) is 1. The Kier molecular flexibility index (Phi) is 4.24. The lowest BCUT2D eigenvalue weighted by Gasteiger charge is -2.25. The molecule has 0 unspecified atom stereocenters. The van der Waals surface area contributed by atoms with Gasteiger partial charge in [-0.1, -0.05) is 27.7 Å². The van der Waals surface area contributed by atoms with Crippen LogP contribution in [0.4, 0.5) is 0 Å². The summed E-state index contributed by atoms with van der Waals surface area (Å²) in [6.07, 6.45) is 2.92. The second kappa shape index (κ2) is 4.99. The van der Waals surface area contributed by atoms with Crippen molar-refractivity contribution in [2.45, 2.75) is 40.5 Å². The highest BCUT2D eigenvalue weighted by Gasteiger charge is 2.22. The Labute approximate surface area is 83.3 Å². The monoisotopic (exact) mass is 183 g/mol. The van der Waals surface area contributed by atoms with Gasteiger partial charge in [0.25, 0.3) is 0 Å². The van der Waals surface area contributed by atoms with E-state index in [1.54, 1.807) is 0 Å². The van der Waals surface area contributed by atoms with Gasteiger partial charge in [-0.25, -0.2) is 0 Å².